The molecule has 2 unspecified atom stereocenters. The van der Waals surface area contributed by atoms with Crippen molar-refractivity contribution in [2.75, 3.05) is 33.2 Å². The zero-order valence-electron chi connectivity index (χ0n) is 12.4. The van der Waals surface area contributed by atoms with E-state index in [2.05, 4.69) is 16.0 Å². The highest BCUT2D eigenvalue weighted by Crippen LogP contribution is 2.18. The van der Waals surface area contributed by atoms with Crippen LogP contribution in [0.4, 0.5) is 0 Å². The van der Waals surface area contributed by atoms with Crippen molar-refractivity contribution in [3.63, 3.8) is 0 Å². The molecule has 1 saturated heterocycles. The number of carbonyl (C=O) groups excluding carboxylic acids is 2. The molecular formula is C14H22N4O2S. The Balaban J connectivity index is 1.89. The number of nitrogens with one attached hydrogen (secondary N) is 3. The molecule has 3 N–H and O–H groups in total. The molecule has 116 valence electrons. The van der Waals surface area contributed by atoms with Crippen LogP contribution in [0.1, 0.15) is 17.8 Å². The first kappa shape index (κ1) is 15.9. The predicted molar refractivity (Wildman–Crippen MR) is 83.2 cm³/mol. The average Bonchev–Trinajstić information content (AvgIpc) is 3.01. The van der Waals surface area contributed by atoms with Crippen LogP contribution in [0.15, 0.2) is 17.5 Å². The topological polar surface area (TPSA) is 73.5 Å². The third-order valence-electron chi connectivity index (χ3n) is 3.60. The van der Waals surface area contributed by atoms with Gasteiger partial charge in [-0.25, -0.2) is 0 Å². The SMILES string of the molecule is CNC(=O)C1CNCCN1CC(=O)NC(C)c1cccs1. The fourth-order valence-electron chi connectivity index (χ4n) is 2.44. The molecule has 1 fully saturated rings. The Morgan fingerprint density at radius 2 is 2.38 bits per heavy atom. The van der Waals surface area contributed by atoms with Gasteiger partial charge in [-0.2, -0.15) is 0 Å². The van der Waals surface area contributed by atoms with Gasteiger partial charge in [-0.1, -0.05) is 6.07 Å². The fourth-order valence-corrected chi connectivity index (χ4v) is 3.18. The van der Waals surface area contributed by atoms with Crippen LogP contribution in [-0.2, 0) is 9.59 Å². The number of nitrogens with zero attached hydrogens (tertiary/aromatic N) is 1. The van der Waals surface area contributed by atoms with Crippen molar-refractivity contribution in [2.45, 2.75) is 19.0 Å². The van der Waals surface area contributed by atoms with Gasteiger partial charge in [0.25, 0.3) is 0 Å². The normalized spacial score (nSPS) is 20.8. The summed E-state index contributed by atoms with van der Waals surface area (Å²) >= 11 is 1.63. The summed E-state index contributed by atoms with van der Waals surface area (Å²) in [6.45, 7) is 4.28. The van der Waals surface area contributed by atoms with E-state index in [4.69, 9.17) is 0 Å². The van der Waals surface area contributed by atoms with E-state index in [9.17, 15) is 9.59 Å². The Morgan fingerprint density at radius 3 is 3.05 bits per heavy atom. The van der Waals surface area contributed by atoms with E-state index in [1.165, 1.54) is 0 Å². The van der Waals surface area contributed by atoms with Gasteiger partial charge in [-0.05, 0) is 18.4 Å². The highest BCUT2D eigenvalue weighted by Gasteiger charge is 2.29. The molecule has 7 heteroatoms. The van der Waals surface area contributed by atoms with E-state index in [0.29, 0.717) is 13.1 Å². The molecule has 21 heavy (non-hydrogen) atoms. The smallest absolute Gasteiger partial charge is 0.238 e. The lowest BCUT2D eigenvalue weighted by atomic mass is 10.1. The van der Waals surface area contributed by atoms with E-state index in [-0.39, 0.29) is 30.4 Å². The number of carbonyl (C=O) groups is 2. The Kier molecular flexibility index (Phi) is 5.72. The molecule has 0 radical (unpaired) electrons. The minimum Gasteiger partial charge on any atom is -0.358 e. The Morgan fingerprint density at radius 1 is 1.57 bits per heavy atom. The number of thiophene rings is 1. The maximum absolute atomic E-state index is 12.2. The summed E-state index contributed by atoms with van der Waals surface area (Å²) < 4.78 is 0. The lowest BCUT2D eigenvalue weighted by Crippen LogP contribution is -2.59. The van der Waals surface area contributed by atoms with E-state index in [0.717, 1.165) is 11.4 Å². The largest absolute Gasteiger partial charge is 0.358 e. The third-order valence-corrected chi connectivity index (χ3v) is 4.65. The molecule has 0 bridgehead atoms. The number of rotatable bonds is 5. The minimum absolute atomic E-state index is 0.00105. The number of likely N-dealkylation sites (N-methyl/N-ethyl adjacent to an activating group) is 1. The predicted octanol–water partition coefficient (Wildman–Crippen LogP) is -0.0549. The standard InChI is InChI=1S/C14H22N4O2S/c1-10(12-4-3-7-21-12)17-13(19)9-18-6-5-16-8-11(18)14(20)15-2/h3-4,7,10-11,16H,5-6,8-9H2,1-2H3,(H,15,20)(H,17,19). The van der Waals surface area contributed by atoms with Crippen molar-refractivity contribution in [3.8, 4) is 0 Å². The summed E-state index contributed by atoms with van der Waals surface area (Å²) in [4.78, 5) is 27.1. The van der Waals surface area contributed by atoms with Crippen molar-refractivity contribution in [1.82, 2.24) is 20.9 Å². The summed E-state index contributed by atoms with van der Waals surface area (Å²) in [7, 11) is 1.62. The first-order valence-electron chi connectivity index (χ1n) is 7.11. The van der Waals surface area contributed by atoms with Crippen molar-refractivity contribution in [3.05, 3.63) is 22.4 Å². The van der Waals surface area contributed by atoms with Crippen LogP contribution < -0.4 is 16.0 Å². The van der Waals surface area contributed by atoms with E-state index < -0.39 is 0 Å². The molecule has 1 aromatic heterocycles. The monoisotopic (exact) mass is 310 g/mol. The van der Waals surface area contributed by atoms with Gasteiger partial charge in [0.15, 0.2) is 0 Å². The van der Waals surface area contributed by atoms with Gasteiger partial charge >= 0.3 is 0 Å². The summed E-state index contributed by atoms with van der Waals surface area (Å²) in [5, 5.41) is 10.8. The van der Waals surface area contributed by atoms with Gasteiger partial charge in [0, 0.05) is 31.6 Å². The van der Waals surface area contributed by atoms with Gasteiger partial charge in [0.05, 0.1) is 12.6 Å². The second kappa shape index (κ2) is 7.53. The minimum atomic E-state index is -0.286. The zero-order chi connectivity index (χ0) is 15.2. The number of hydrogen-bond acceptors (Lipinski definition) is 5. The Hall–Kier alpha value is -1.44. The molecule has 1 aliphatic heterocycles. The van der Waals surface area contributed by atoms with Gasteiger partial charge < -0.3 is 16.0 Å². The van der Waals surface area contributed by atoms with Crippen molar-refractivity contribution >= 4 is 23.2 Å². The van der Waals surface area contributed by atoms with Gasteiger partial charge in [0.1, 0.15) is 6.04 Å². The second-order valence-corrected chi connectivity index (χ2v) is 6.09. The molecule has 2 heterocycles. The molecule has 1 aromatic rings. The lowest BCUT2D eigenvalue weighted by molar-refractivity contribution is -0.129. The molecule has 2 rings (SSSR count). The summed E-state index contributed by atoms with van der Waals surface area (Å²) in [5.41, 5.74) is 0. The number of amides is 2. The molecule has 0 saturated carbocycles. The van der Waals surface area contributed by atoms with Gasteiger partial charge in [0.2, 0.25) is 11.8 Å². The third kappa shape index (κ3) is 4.26. The van der Waals surface area contributed by atoms with E-state index in [1.807, 2.05) is 29.3 Å². The maximum Gasteiger partial charge on any atom is 0.238 e. The van der Waals surface area contributed by atoms with Crippen LogP contribution in [0.5, 0.6) is 0 Å². The summed E-state index contributed by atoms with van der Waals surface area (Å²) in [5.74, 6) is -0.104. The van der Waals surface area contributed by atoms with Crippen LogP contribution in [0.2, 0.25) is 0 Å². The van der Waals surface area contributed by atoms with Gasteiger partial charge in [-0.3, -0.25) is 14.5 Å². The van der Waals surface area contributed by atoms with E-state index in [1.54, 1.807) is 18.4 Å². The zero-order valence-corrected chi connectivity index (χ0v) is 13.2. The fraction of sp³-hybridized carbons (Fsp3) is 0.571. The summed E-state index contributed by atoms with van der Waals surface area (Å²) in [6, 6.07) is 3.69. The molecule has 2 atom stereocenters. The molecule has 0 aliphatic carbocycles. The maximum atomic E-state index is 12.2. The highest BCUT2D eigenvalue weighted by atomic mass is 32.1. The van der Waals surface area contributed by atoms with Crippen molar-refractivity contribution in [1.29, 1.82) is 0 Å². The van der Waals surface area contributed by atoms with Crippen LogP contribution in [0, 0.1) is 0 Å². The van der Waals surface area contributed by atoms with Gasteiger partial charge in [-0.15, -0.1) is 11.3 Å². The molecule has 1 aliphatic rings. The van der Waals surface area contributed by atoms with Crippen LogP contribution in [0.25, 0.3) is 0 Å². The van der Waals surface area contributed by atoms with E-state index >= 15 is 0 Å². The first-order chi connectivity index (χ1) is 10.1. The molecule has 2 amide bonds. The second-order valence-electron chi connectivity index (χ2n) is 5.11. The Labute approximate surface area is 128 Å². The van der Waals surface area contributed by atoms with Crippen molar-refractivity contribution in [2.24, 2.45) is 0 Å². The first-order valence-corrected chi connectivity index (χ1v) is 7.99. The Bertz CT molecular complexity index is 477. The van der Waals surface area contributed by atoms with Crippen LogP contribution in [0.3, 0.4) is 0 Å². The van der Waals surface area contributed by atoms with Crippen LogP contribution in [-0.4, -0.2) is 56.0 Å². The highest BCUT2D eigenvalue weighted by molar-refractivity contribution is 7.10. The molecular weight excluding hydrogens is 288 g/mol. The lowest BCUT2D eigenvalue weighted by Gasteiger charge is -2.34. The van der Waals surface area contributed by atoms with Crippen LogP contribution >= 0.6 is 11.3 Å². The molecule has 6 nitrogen and oxygen atoms in total. The quantitative estimate of drug-likeness (QED) is 0.713. The number of hydrogen-bond donors (Lipinski definition) is 3. The number of piperazine rings is 1. The summed E-state index contributed by atoms with van der Waals surface area (Å²) in [6.07, 6.45) is 0. The molecule has 0 aromatic carbocycles. The van der Waals surface area contributed by atoms with Crippen molar-refractivity contribution < 1.29 is 9.59 Å². The average molecular weight is 310 g/mol. The molecule has 0 spiro atoms.